The maximum absolute atomic E-state index is 14.7. The molecule has 2 fully saturated rings. The summed E-state index contributed by atoms with van der Waals surface area (Å²) in [6, 6.07) is 0.772. The number of aromatic amines is 1. The molecule has 30 heavy (non-hydrogen) atoms. The molecule has 9 atom stereocenters. The van der Waals surface area contributed by atoms with E-state index in [1.807, 2.05) is 0 Å². The fourth-order valence-corrected chi connectivity index (χ4v) is 4.00. The predicted molar refractivity (Wildman–Crippen MR) is 89.6 cm³/mol. The van der Waals surface area contributed by atoms with Crippen LogP contribution in [0.25, 0.3) is 0 Å². The molecule has 2 aliphatic heterocycles. The highest BCUT2D eigenvalue weighted by Crippen LogP contribution is 2.47. The smallest absolute Gasteiger partial charge is 0.330 e. The highest BCUT2D eigenvalue weighted by atomic mass is 35.5. The van der Waals surface area contributed by atoms with Crippen LogP contribution in [0.1, 0.15) is 0 Å². The van der Waals surface area contributed by atoms with E-state index >= 15 is 0 Å². The first kappa shape index (κ1) is 23.1. The van der Waals surface area contributed by atoms with E-state index in [2.05, 4.69) is 0 Å². The lowest BCUT2D eigenvalue weighted by atomic mass is 9.83. The van der Waals surface area contributed by atoms with Gasteiger partial charge in [0.05, 0.1) is 6.61 Å². The molecule has 170 valence electrons. The van der Waals surface area contributed by atoms with E-state index in [0.717, 1.165) is 12.3 Å². The Morgan fingerprint density at radius 2 is 1.90 bits per heavy atom. The molecule has 0 aromatic carbocycles. The topological polar surface area (TPSA) is 174 Å². The van der Waals surface area contributed by atoms with Gasteiger partial charge in [0.2, 0.25) is 5.72 Å². The second-order valence-corrected chi connectivity index (χ2v) is 7.36. The van der Waals surface area contributed by atoms with Gasteiger partial charge in [-0.25, -0.2) is 18.0 Å². The molecule has 2 unspecified atom stereocenters. The summed E-state index contributed by atoms with van der Waals surface area (Å²) in [6.07, 6.45) is -16.9. The number of hydrogen-bond donors (Lipinski definition) is 6. The van der Waals surface area contributed by atoms with Crippen LogP contribution in [0.2, 0.25) is 0 Å². The number of nitrogens with zero attached hydrogens (tertiary/aromatic N) is 1. The summed E-state index contributed by atoms with van der Waals surface area (Å²) >= 11 is 5.62. The summed E-state index contributed by atoms with van der Waals surface area (Å²) in [7, 11) is 0. The van der Waals surface area contributed by atoms with E-state index in [4.69, 9.17) is 21.1 Å². The molecule has 0 spiro atoms. The number of aliphatic hydroxyl groups is 5. The molecule has 0 aliphatic carbocycles. The molecule has 0 radical (unpaired) electrons. The normalized spacial score (nSPS) is 44.5. The zero-order valence-corrected chi connectivity index (χ0v) is 15.6. The molecule has 15 heteroatoms. The minimum atomic E-state index is -3.80. The molecule has 1 aromatic heterocycles. The summed E-state index contributed by atoms with van der Waals surface area (Å²) in [4.78, 5) is 25.6. The summed E-state index contributed by atoms with van der Waals surface area (Å²) < 4.78 is 52.1. The number of ether oxygens (including phenoxy) is 2. The highest BCUT2D eigenvalue weighted by molar-refractivity contribution is 6.20. The van der Waals surface area contributed by atoms with Crippen molar-refractivity contribution < 1.29 is 48.2 Å². The second-order valence-electron chi connectivity index (χ2n) is 6.96. The quantitative estimate of drug-likeness (QED) is 0.254. The molecule has 0 amide bonds. The largest absolute Gasteiger partial charge is 0.394 e. The number of H-pyrrole nitrogens is 1. The van der Waals surface area contributed by atoms with Crippen LogP contribution in [-0.4, -0.2) is 96.0 Å². The van der Waals surface area contributed by atoms with Crippen LogP contribution in [-0.2, 0) is 15.2 Å². The van der Waals surface area contributed by atoms with Crippen molar-refractivity contribution in [2.45, 2.75) is 60.0 Å². The van der Waals surface area contributed by atoms with Crippen LogP contribution >= 0.6 is 11.6 Å². The Bertz CT molecular complexity index is 903. The summed E-state index contributed by atoms with van der Waals surface area (Å²) in [6.45, 7) is -0.925. The third-order valence-corrected chi connectivity index (χ3v) is 5.74. The number of aliphatic hydroxyl groups excluding tert-OH is 4. The predicted octanol–water partition coefficient (Wildman–Crippen LogP) is -3.04. The lowest BCUT2D eigenvalue weighted by Crippen LogP contribution is -2.72. The monoisotopic (exact) mass is 462 g/mol. The summed E-state index contributed by atoms with van der Waals surface area (Å²) in [5.74, 6) is 0. The molecule has 6 N–H and O–H groups in total. The Balaban J connectivity index is 2.20. The van der Waals surface area contributed by atoms with E-state index < -0.39 is 77.9 Å². The van der Waals surface area contributed by atoms with E-state index in [-0.39, 0.29) is 0 Å². The van der Waals surface area contributed by atoms with Crippen molar-refractivity contribution in [3.63, 3.8) is 0 Å². The number of rotatable bonds is 4. The van der Waals surface area contributed by atoms with E-state index in [1.165, 1.54) is 0 Å². The van der Waals surface area contributed by atoms with Crippen LogP contribution < -0.4 is 11.2 Å². The number of aromatic nitrogens is 2. The average molecular weight is 463 g/mol. The van der Waals surface area contributed by atoms with E-state index in [0.29, 0.717) is 4.57 Å². The maximum Gasteiger partial charge on any atom is 0.330 e. The minimum absolute atomic E-state index is 0.426. The summed E-state index contributed by atoms with van der Waals surface area (Å²) in [5, 5.41) is 50.5. The van der Waals surface area contributed by atoms with Crippen molar-refractivity contribution in [1.82, 2.24) is 9.55 Å². The van der Waals surface area contributed by atoms with Crippen molar-refractivity contribution in [2.24, 2.45) is 0 Å². The fourth-order valence-electron chi connectivity index (χ4n) is 3.67. The van der Waals surface area contributed by atoms with Gasteiger partial charge in [-0.3, -0.25) is 14.3 Å². The number of alkyl halides is 4. The van der Waals surface area contributed by atoms with Gasteiger partial charge in [-0.1, -0.05) is 11.6 Å². The standard InChI is InChI=1S/C15H18ClF3N2O9/c16-11-14(28,12(18)19)8(17)7(25)10(29-11)15(9(26)6(24)4(3-22)30-15)21-2-1-5(23)20-13(21)27/h1-2,4,6-12,22,24-26,28H,3H2,(H,20,23,27)/t4-,6-,7-,8-,9-,10?,11?,14+,15+/m1/s1. The highest BCUT2D eigenvalue weighted by Gasteiger charge is 2.70. The van der Waals surface area contributed by atoms with Crippen LogP contribution in [0.3, 0.4) is 0 Å². The second kappa shape index (κ2) is 7.87. The van der Waals surface area contributed by atoms with E-state index in [1.54, 1.807) is 4.98 Å². The van der Waals surface area contributed by atoms with Gasteiger partial charge in [0.25, 0.3) is 12.0 Å². The molecule has 1 aromatic rings. The van der Waals surface area contributed by atoms with Crippen molar-refractivity contribution in [1.29, 1.82) is 0 Å². The van der Waals surface area contributed by atoms with Crippen LogP contribution in [0.5, 0.6) is 0 Å². The number of hydrogen-bond acceptors (Lipinski definition) is 9. The van der Waals surface area contributed by atoms with Crippen LogP contribution in [0.4, 0.5) is 13.2 Å². The van der Waals surface area contributed by atoms with Crippen LogP contribution in [0.15, 0.2) is 21.9 Å². The molecule has 11 nitrogen and oxygen atoms in total. The number of nitrogens with one attached hydrogen (secondary N) is 1. The third-order valence-electron chi connectivity index (χ3n) is 5.29. The lowest BCUT2D eigenvalue weighted by Gasteiger charge is -2.50. The molecule has 3 rings (SSSR count). The van der Waals surface area contributed by atoms with Gasteiger partial charge < -0.3 is 35.0 Å². The van der Waals surface area contributed by atoms with Gasteiger partial charge >= 0.3 is 5.69 Å². The Morgan fingerprint density at radius 1 is 1.27 bits per heavy atom. The zero-order chi connectivity index (χ0) is 22.6. The first-order valence-electron chi connectivity index (χ1n) is 8.52. The van der Waals surface area contributed by atoms with Gasteiger partial charge in [-0.15, -0.1) is 0 Å². The Morgan fingerprint density at radius 3 is 2.40 bits per heavy atom. The van der Waals surface area contributed by atoms with Gasteiger partial charge in [0.15, 0.2) is 17.3 Å². The SMILES string of the molecule is O=c1ccn([C@]2(C3OC(Cl)[C@](O)(C(F)F)[C@H](F)[C@H]3O)O[C@H](CO)[C@@H](O)[C@H]2O)c(=O)[nH]1. The Kier molecular flexibility index (Phi) is 6.07. The Labute approximate surface area is 169 Å². The van der Waals surface area contributed by atoms with Gasteiger partial charge in [0, 0.05) is 12.3 Å². The summed E-state index contributed by atoms with van der Waals surface area (Å²) in [5.41, 5.74) is -11.1. The molecule has 2 aliphatic rings. The molecular weight excluding hydrogens is 445 g/mol. The van der Waals surface area contributed by atoms with Gasteiger partial charge in [-0.2, -0.15) is 0 Å². The molecule has 2 saturated heterocycles. The zero-order valence-electron chi connectivity index (χ0n) is 14.8. The molecule has 0 bridgehead atoms. The van der Waals surface area contributed by atoms with Crippen molar-refractivity contribution in [3.05, 3.63) is 33.1 Å². The molecule has 3 heterocycles. The third kappa shape index (κ3) is 3.10. The molecule has 0 saturated carbocycles. The average Bonchev–Trinajstić information content (AvgIpc) is 2.94. The van der Waals surface area contributed by atoms with Crippen molar-refractivity contribution in [2.75, 3.05) is 6.61 Å². The maximum atomic E-state index is 14.7. The fraction of sp³-hybridized carbons (Fsp3) is 0.733. The van der Waals surface area contributed by atoms with Gasteiger partial charge in [0.1, 0.15) is 30.5 Å². The van der Waals surface area contributed by atoms with Gasteiger partial charge in [-0.05, 0) is 0 Å². The first-order valence-corrected chi connectivity index (χ1v) is 8.96. The van der Waals surface area contributed by atoms with Crippen molar-refractivity contribution >= 4 is 11.6 Å². The first-order chi connectivity index (χ1) is 13.9. The van der Waals surface area contributed by atoms with Crippen LogP contribution in [0, 0.1) is 0 Å². The number of halogens is 4. The van der Waals surface area contributed by atoms with Crippen molar-refractivity contribution in [3.8, 4) is 0 Å². The Hall–Kier alpha value is -1.52. The lowest BCUT2D eigenvalue weighted by molar-refractivity contribution is -0.323. The molecular formula is C15H18ClF3N2O9. The minimum Gasteiger partial charge on any atom is -0.394 e. The van der Waals surface area contributed by atoms with E-state index in [9.17, 15) is 48.3 Å².